The average molecular weight is 390 g/mol. The highest BCUT2D eigenvalue weighted by molar-refractivity contribution is 9.11. The van der Waals surface area contributed by atoms with Crippen LogP contribution in [0.4, 0.5) is 0 Å². The zero-order valence-electron chi connectivity index (χ0n) is 11.0. The number of carbonyl (C=O) groups is 1. The molecule has 1 aromatic heterocycles. The third-order valence-corrected chi connectivity index (χ3v) is 5.84. The summed E-state index contributed by atoms with van der Waals surface area (Å²) in [6, 6.07) is 7.70. The molecule has 2 rings (SSSR count). The molecule has 1 aromatic carbocycles. The summed E-state index contributed by atoms with van der Waals surface area (Å²) in [7, 11) is -3.74. The second-order valence-corrected chi connectivity index (χ2v) is 8.63. The minimum atomic E-state index is -3.74. The molecule has 2 N–H and O–H groups in total. The number of sulfonamides is 1. The summed E-state index contributed by atoms with van der Waals surface area (Å²) in [6.45, 7) is 1.78. The first kappa shape index (κ1) is 16.2. The third-order valence-electron chi connectivity index (χ3n) is 2.82. The molecule has 0 aliphatic heterocycles. The van der Waals surface area contributed by atoms with Crippen LogP contribution >= 0.6 is 27.3 Å². The maximum atomic E-state index is 12.2. The molecule has 8 heteroatoms. The lowest BCUT2D eigenvalue weighted by Gasteiger charge is -2.08. The van der Waals surface area contributed by atoms with Crippen molar-refractivity contribution in [1.29, 1.82) is 0 Å². The molecule has 0 atom stereocenters. The summed E-state index contributed by atoms with van der Waals surface area (Å²) in [5.41, 5.74) is 0.500. The molecule has 1 heterocycles. The lowest BCUT2D eigenvalue weighted by Crippen LogP contribution is -2.23. The first-order chi connectivity index (χ1) is 9.79. The zero-order valence-corrected chi connectivity index (χ0v) is 14.2. The van der Waals surface area contributed by atoms with Gasteiger partial charge in [0, 0.05) is 11.4 Å². The van der Waals surface area contributed by atoms with Gasteiger partial charge in [0.2, 0.25) is 10.0 Å². The van der Waals surface area contributed by atoms with Crippen LogP contribution in [0.1, 0.15) is 20.8 Å². The van der Waals surface area contributed by atoms with Crippen molar-refractivity contribution in [3.63, 3.8) is 0 Å². The molecule has 0 saturated heterocycles. The Kier molecular flexibility index (Phi) is 4.82. The van der Waals surface area contributed by atoms with Crippen LogP contribution in [-0.4, -0.2) is 19.5 Å². The first-order valence-corrected chi connectivity index (χ1v) is 8.97. The lowest BCUT2D eigenvalue weighted by molar-refractivity contribution is 0.0696. The van der Waals surface area contributed by atoms with Gasteiger partial charge < -0.3 is 5.11 Å². The molecule has 0 saturated carbocycles. The van der Waals surface area contributed by atoms with Crippen LogP contribution in [0.2, 0.25) is 0 Å². The fourth-order valence-corrected chi connectivity index (χ4v) is 4.24. The topological polar surface area (TPSA) is 83.5 Å². The van der Waals surface area contributed by atoms with Crippen molar-refractivity contribution >= 4 is 43.3 Å². The molecule has 21 heavy (non-hydrogen) atoms. The summed E-state index contributed by atoms with van der Waals surface area (Å²) in [4.78, 5) is 11.9. The Labute approximate surface area is 134 Å². The minimum absolute atomic E-state index is 0.0169. The standard InChI is InChI=1S/C13H12BrNO4S2/c1-8-2-4-10(6-11(8)13(16)17)21(18,19)15-7-9-3-5-12(14)20-9/h2-6,15H,7H2,1H3,(H,16,17). The van der Waals surface area contributed by atoms with Gasteiger partial charge in [0.1, 0.15) is 0 Å². The van der Waals surface area contributed by atoms with Crippen LogP contribution < -0.4 is 4.72 Å². The van der Waals surface area contributed by atoms with Crippen molar-refractivity contribution in [1.82, 2.24) is 4.72 Å². The predicted octanol–water partition coefficient (Wildman–Crippen LogP) is 3.00. The molecular weight excluding hydrogens is 378 g/mol. The van der Waals surface area contributed by atoms with E-state index < -0.39 is 16.0 Å². The normalized spacial score (nSPS) is 11.5. The second-order valence-electron chi connectivity index (χ2n) is 4.31. The molecule has 0 spiro atoms. The largest absolute Gasteiger partial charge is 0.478 e. The van der Waals surface area contributed by atoms with Crippen LogP contribution in [0.15, 0.2) is 39.0 Å². The van der Waals surface area contributed by atoms with Gasteiger partial charge >= 0.3 is 5.97 Å². The summed E-state index contributed by atoms with van der Waals surface area (Å²) in [5.74, 6) is -1.15. The summed E-state index contributed by atoms with van der Waals surface area (Å²) in [5, 5.41) is 9.05. The Morgan fingerprint density at radius 2 is 2.05 bits per heavy atom. The number of hydrogen-bond donors (Lipinski definition) is 2. The smallest absolute Gasteiger partial charge is 0.335 e. The molecular formula is C13H12BrNO4S2. The van der Waals surface area contributed by atoms with Crippen molar-refractivity contribution in [2.24, 2.45) is 0 Å². The van der Waals surface area contributed by atoms with Gasteiger partial charge in [-0.15, -0.1) is 11.3 Å². The van der Waals surface area contributed by atoms with Crippen molar-refractivity contribution < 1.29 is 18.3 Å². The van der Waals surface area contributed by atoms with E-state index in [1.54, 1.807) is 6.92 Å². The Balaban J connectivity index is 2.23. The number of nitrogens with one attached hydrogen (secondary N) is 1. The molecule has 0 aliphatic carbocycles. The number of halogens is 1. The fourth-order valence-electron chi connectivity index (χ4n) is 1.69. The molecule has 0 amide bonds. The number of thiophene rings is 1. The number of aromatic carboxylic acids is 1. The van der Waals surface area contributed by atoms with E-state index in [0.717, 1.165) is 8.66 Å². The van der Waals surface area contributed by atoms with Crippen molar-refractivity contribution in [3.05, 3.63) is 50.1 Å². The molecule has 0 aliphatic rings. The molecule has 0 fully saturated rings. The van der Waals surface area contributed by atoms with Gasteiger partial charge in [0.15, 0.2) is 0 Å². The van der Waals surface area contributed by atoms with Gasteiger partial charge in [0.25, 0.3) is 0 Å². The number of rotatable bonds is 5. The quantitative estimate of drug-likeness (QED) is 0.822. The number of carboxylic acid groups (broad SMARTS) is 1. The van der Waals surface area contributed by atoms with E-state index in [1.165, 1.54) is 29.5 Å². The molecule has 0 unspecified atom stereocenters. The number of hydrogen-bond acceptors (Lipinski definition) is 4. The molecule has 112 valence electrons. The Bertz CT molecular complexity index is 783. The molecule has 0 bridgehead atoms. The van der Waals surface area contributed by atoms with Crippen LogP contribution in [0.5, 0.6) is 0 Å². The Hall–Kier alpha value is -1.22. The van der Waals surface area contributed by atoms with Crippen LogP contribution in [0.3, 0.4) is 0 Å². The zero-order chi connectivity index (χ0) is 15.6. The average Bonchev–Trinajstić information content (AvgIpc) is 2.82. The van der Waals surface area contributed by atoms with Gasteiger partial charge in [-0.05, 0) is 52.7 Å². The number of benzene rings is 1. The van der Waals surface area contributed by atoms with Crippen molar-refractivity contribution in [3.8, 4) is 0 Å². The van der Waals surface area contributed by atoms with Crippen molar-refractivity contribution in [2.45, 2.75) is 18.4 Å². The van der Waals surface area contributed by atoms with Gasteiger partial charge in [0.05, 0.1) is 14.2 Å². The van der Waals surface area contributed by atoms with E-state index in [-0.39, 0.29) is 17.0 Å². The van der Waals surface area contributed by atoms with E-state index in [0.29, 0.717) is 5.56 Å². The molecule has 5 nitrogen and oxygen atoms in total. The van der Waals surface area contributed by atoms with Gasteiger partial charge in [-0.25, -0.2) is 17.9 Å². The number of carboxylic acids is 1. The molecule has 0 radical (unpaired) electrons. The van der Waals surface area contributed by atoms with Gasteiger partial charge in [-0.3, -0.25) is 0 Å². The van der Waals surface area contributed by atoms with Crippen LogP contribution in [-0.2, 0) is 16.6 Å². The van der Waals surface area contributed by atoms with Gasteiger partial charge in [-0.1, -0.05) is 6.07 Å². The van der Waals surface area contributed by atoms with Crippen LogP contribution in [0, 0.1) is 6.92 Å². The Morgan fingerprint density at radius 3 is 2.62 bits per heavy atom. The van der Waals surface area contributed by atoms with Gasteiger partial charge in [-0.2, -0.15) is 0 Å². The van der Waals surface area contributed by atoms with Crippen LogP contribution in [0.25, 0.3) is 0 Å². The third kappa shape index (κ3) is 3.91. The summed E-state index contributed by atoms with van der Waals surface area (Å²) < 4.78 is 27.8. The maximum absolute atomic E-state index is 12.2. The SMILES string of the molecule is Cc1ccc(S(=O)(=O)NCc2ccc(Br)s2)cc1C(=O)O. The minimum Gasteiger partial charge on any atom is -0.478 e. The highest BCUT2D eigenvalue weighted by Crippen LogP contribution is 2.22. The van der Waals surface area contributed by atoms with E-state index in [9.17, 15) is 13.2 Å². The highest BCUT2D eigenvalue weighted by atomic mass is 79.9. The number of aryl methyl sites for hydroxylation is 1. The fraction of sp³-hybridized carbons (Fsp3) is 0.154. The Morgan fingerprint density at radius 1 is 1.33 bits per heavy atom. The maximum Gasteiger partial charge on any atom is 0.335 e. The first-order valence-electron chi connectivity index (χ1n) is 5.87. The lowest BCUT2D eigenvalue weighted by atomic mass is 10.1. The second kappa shape index (κ2) is 6.27. The summed E-state index contributed by atoms with van der Waals surface area (Å²) in [6.07, 6.45) is 0. The van der Waals surface area contributed by atoms with E-state index in [2.05, 4.69) is 20.7 Å². The van der Waals surface area contributed by atoms with E-state index in [1.807, 2.05) is 12.1 Å². The highest BCUT2D eigenvalue weighted by Gasteiger charge is 2.17. The predicted molar refractivity (Wildman–Crippen MR) is 84.2 cm³/mol. The van der Waals surface area contributed by atoms with Crippen molar-refractivity contribution in [2.75, 3.05) is 0 Å². The van der Waals surface area contributed by atoms with E-state index in [4.69, 9.17) is 5.11 Å². The monoisotopic (exact) mass is 389 g/mol. The summed E-state index contributed by atoms with van der Waals surface area (Å²) >= 11 is 4.74. The molecule has 2 aromatic rings. The van der Waals surface area contributed by atoms with E-state index >= 15 is 0 Å².